The lowest BCUT2D eigenvalue weighted by molar-refractivity contribution is -0.118. The van der Waals surface area contributed by atoms with Gasteiger partial charge in [-0.1, -0.05) is 37.3 Å². The van der Waals surface area contributed by atoms with E-state index in [1.807, 2.05) is 54.6 Å². The first-order valence-corrected chi connectivity index (χ1v) is 10.6. The van der Waals surface area contributed by atoms with Gasteiger partial charge in [0.1, 0.15) is 5.75 Å². The summed E-state index contributed by atoms with van der Waals surface area (Å²) in [5.41, 5.74) is 4.56. The van der Waals surface area contributed by atoms with Gasteiger partial charge in [0.2, 0.25) is 12.7 Å². The predicted molar refractivity (Wildman–Crippen MR) is 120 cm³/mol. The molecule has 2 aliphatic rings. The largest absolute Gasteiger partial charge is 0.496 e. The molecule has 0 radical (unpaired) electrons. The second kappa shape index (κ2) is 7.65. The van der Waals surface area contributed by atoms with Crippen molar-refractivity contribution in [2.75, 3.05) is 19.2 Å². The number of aryl methyl sites for hydroxylation is 1. The highest BCUT2D eigenvalue weighted by Gasteiger charge is 2.51. The summed E-state index contributed by atoms with van der Waals surface area (Å²) in [4.78, 5) is 13.3. The van der Waals surface area contributed by atoms with E-state index in [0.29, 0.717) is 5.75 Å². The molecule has 0 aromatic heterocycles. The fourth-order valence-corrected chi connectivity index (χ4v) is 4.30. The molecule has 5 nitrogen and oxygen atoms in total. The topological polar surface area (TPSA) is 56.8 Å². The van der Waals surface area contributed by atoms with Crippen LogP contribution in [0, 0.1) is 0 Å². The maximum absolute atomic E-state index is 13.3. The Bertz CT molecular complexity index is 1150. The smallest absolute Gasteiger partial charge is 0.235 e. The second-order valence-electron chi connectivity index (χ2n) is 8.03. The number of benzene rings is 3. The highest BCUT2D eigenvalue weighted by atomic mass is 16.7. The molecule has 5 rings (SSSR count). The second-order valence-corrected chi connectivity index (χ2v) is 8.03. The summed E-state index contributed by atoms with van der Waals surface area (Å²) in [6, 6.07) is 19.9. The maximum atomic E-state index is 13.3. The minimum atomic E-state index is -0.505. The minimum Gasteiger partial charge on any atom is -0.496 e. The number of ether oxygens (including phenoxy) is 3. The number of methoxy groups -OCH3 is 1. The standard InChI is InChI=1S/C26H25NO4/c1-3-17-8-10-19(15-21(17)20-6-4-5-7-22(20)29-2)27-25(28)26(12-13-26)18-9-11-23-24(14-18)31-16-30-23/h4-11,14-15H,3,12-13,16H2,1-2H3,(H,27,28). The van der Waals surface area contributed by atoms with Crippen LogP contribution in [0.2, 0.25) is 0 Å². The van der Waals surface area contributed by atoms with Gasteiger partial charge in [-0.15, -0.1) is 0 Å². The fraction of sp³-hybridized carbons (Fsp3) is 0.269. The van der Waals surface area contributed by atoms with Crippen LogP contribution in [0.25, 0.3) is 11.1 Å². The van der Waals surface area contributed by atoms with Gasteiger partial charge in [-0.2, -0.15) is 0 Å². The van der Waals surface area contributed by atoms with E-state index < -0.39 is 5.41 Å². The number of hydrogen-bond acceptors (Lipinski definition) is 4. The molecule has 3 aromatic carbocycles. The van der Waals surface area contributed by atoms with Crippen molar-refractivity contribution in [3.8, 4) is 28.4 Å². The molecular weight excluding hydrogens is 390 g/mol. The summed E-state index contributed by atoms with van der Waals surface area (Å²) in [6.45, 7) is 2.36. The quantitative estimate of drug-likeness (QED) is 0.592. The molecule has 158 valence electrons. The van der Waals surface area contributed by atoms with Crippen LogP contribution in [-0.2, 0) is 16.6 Å². The summed E-state index contributed by atoms with van der Waals surface area (Å²) in [7, 11) is 1.68. The van der Waals surface area contributed by atoms with E-state index in [0.717, 1.165) is 53.1 Å². The zero-order valence-electron chi connectivity index (χ0n) is 17.7. The number of carbonyl (C=O) groups is 1. The molecular formula is C26H25NO4. The van der Waals surface area contributed by atoms with E-state index in [1.165, 1.54) is 5.56 Å². The van der Waals surface area contributed by atoms with Crippen molar-refractivity contribution in [2.24, 2.45) is 0 Å². The zero-order chi connectivity index (χ0) is 21.4. The molecule has 1 N–H and O–H groups in total. The van der Waals surface area contributed by atoms with E-state index in [4.69, 9.17) is 14.2 Å². The summed E-state index contributed by atoms with van der Waals surface area (Å²) >= 11 is 0. The van der Waals surface area contributed by atoms with E-state index in [1.54, 1.807) is 7.11 Å². The van der Waals surface area contributed by atoms with E-state index >= 15 is 0 Å². The molecule has 0 saturated heterocycles. The average Bonchev–Trinajstić information content (AvgIpc) is 3.50. The first kappa shape index (κ1) is 19.5. The van der Waals surface area contributed by atoms with Crippen molar-refractivity contribution in [1.82, 2.24) is 0 Å². The van der Waals surface area contributed by atoms with Crippen molar-refractivity contribution < 1.29 is 19.0 Å². The van der Waals surface area contributed by atoms with Crippen LogP contribution >= 0.6 is 0 Å². The summed E-state index contributed by atoms with van der Waals surface area (Å²) in [5, 5.41) is 3.16. The number of hydrogen-bond donors (Lipinski definition) is 1. The van der Waals surface area contributed by atoms with Gasteiger partial charge >= 0.3 is 0 Å². The van der Waals surface area contributed by atoms with Gasteiger partial charge < -0.3 is 19.5 Å². The molecule has 0 atom stereocenters. The van der Waals surface area contributed by atoms with Gasteiger partial charge in [0, 0.05) is 11.3 Å². The molecule has 1 fully saturated rings. The van der Waals surface area contributed by atoms with Crippen LogP contribution < -0.4 is 19.5 Å². The Morgan fingerprint density at radius 1 is 1.00 bits per heavy atom. The third-order valence-corrected chi connectivity index (χ3v) is 6.26. The molecule has 0 unspecified atom stereocenters. The van der Waals surface area contributed by atoms with Crippen molar-refractivity contribution in [2.45, 2.75) is 31.6 Å². The molecule has 1 aliphatic carbocycles. The van der Waals surface area contributed by atoms with Crippen LogP contribution in [0.1, 0.15) is 30.9 Å². The monoisotopic (exact) mass is 415 g/mol. The summed E-state index contributed by atoms with van der Waals surface area (Å²) in [5.74, 6) is 2.28. The first-order chi connectivity index (χ1) is 15.1. The number of nitrogens with one attached hydrogen (secondary N) is 1. The van der Waals surface area contributed by atoms with Gasteiger partial charge in [0.05, 0.1) is 12.5 Å². The third kappa shape index (κ3) is 3.40. The molecule has 1 amide bonds. The number of rotatable bonds is 6. The highest BCUT2D eigenvalue weighted by molar-refractivity contribution is 6.02. The number of anilines is 1. The van der Waals surface area contributed by atoms with Gasteiger partial charge in [0.25, 0.3) is 0 Å². The van der Waals surface area contributed by atoms with E-state index in [2.05, 4.69) is 18.3 Å². The van der Waals surface area contributed by atoms with Crippen LogP contribution in [-0.4, -0.2) is 19.8 Å². The van der Waals surface area contributed by atoms with Gasteiger partial charge in [-0.25, -0.2) is 0 Å². The number of fused-ring (bicyclic) bond motifs is 1. The van der Waals surface area contributed by atoms with Crippen LogP contribution in [0.15, 0.2) is 60.7 Å². The predicted octanol–water partition coefficient (Wildman–Crippen LogP) is 5.32. The van der Waals surface area contributed by atoms with Crippen molar-refractivity contribution >= 4 is 11.6 Å². The average molecular weight is 415 g/mol. The lowest BCUT2D eigenvalue weighted by Crippen LogP contribution is -2.27. The number of para-hydroxylation sites is 1. The zero-order valence-corrected chi connectivity index (χ0v) is 17.7. The Hall–Kier alpha value is -3.47. The maximum Gasteiger partial charge on any atom is 0.235 e. The van der Waals surface area contributed by atoms with Crippen LogP contribution in [0.3, 0.4) is 0 Å². The molecule has 0 spiro atoms. The third-order valence-electron chi connectivity index (χ3n) is 6.26. The van der Waals surface area contributed by atoms with Crippen molar-refractivity contribution in [1.29, 1.82) is 0 Å². The van der Waals surface area contributed by atoms with Crippen LogP contribution in [0.5, 0.6) is 17.2 Å². The lowest BCUT2D eigenvalue weighted by atomic mass is 9.93. The fourth-order valence-electron chi connectivity index (χ4n) is 4.30. The normalized spacial score (nSPS) is 15.4. The molecule has 1 heterocycles. The Kier molecular flexibility index (Phi) is 4.81. The van der Waals surface area contributed by atoms with E-state index in [9.17, 15) is 4.79 Å². The van der Waals surface area contributed by atoms with Gasteiger partial charge in [-0.05, 0) is 66.3 Å². The SMILES string of the molecule is CCc1ccc(NC(=O)C2(c3ccc4c(c3)OCO4)CC2)cc1-c1ccccc1OC. The minimum absolute atomic E-state index is 0.0154. The van der Waals surface area contributed by atoms with Crippen molar-refractivity contribution in [3.63, 3.8) is 0 Å². The molecule has 0 bridgehead atoms. The number of amides is 1. The highest BCUT2D eigenvalue weighted by Crippen LogP contribution is 2.51. The molecule has 5 heteroatoms. The van der Waals surface area contributed by atoms with Gasteiger partial charge in [0.15, 0.2) is 11.5 Å². The van der Waals surface area contributed by atoms with E-state index in [-0.39, 0.29) is 12.7 Å². The first-order valence-electron chi connectivity index (χ1n) is 10.6. The Balaban J connectivity index is 1.44. The number of carbonyl (C=O) groups excluding carboxylic acids is 1. The molecule has 1 aliphatic heterocycles. The van der Waals surface area contributed by atoms with Gasteiger partial charge in [-0.3, -0.25) is 4.79 Å². The molecule has 31 heavy (non-hydrogen) atoms. The Labute approximate surface area is 182 Å². The van der Waals surface area contributed by atoms with Crippen LogP contribution in [0.4, 0.5) is 5.69 Å². The summed E-state index contributed by atoms with van der Waals surface area (Å²) < 4.78 is 16.5. The lowest BCUT2D eigenvalue weighted by Gasteiger charge is -2.18. The van der Waals surface area contributed by atoms with Crippen molar-refractivity contribution in [3.05, 3.63) is 71.8 Å². The Morgan fingerprint density at radius 2 is 1.81 bits per heavy atom. The molecule has 1 saturated carbocycles. The summed E-state index contributed by atoms with van der Waals surface area (Å²) in [6.07, 6.45) is 2.54. The Morgan fingerprint density at radius 3 is 2.58 bits per heavy atom. The molecule has 3 aromatic rings.